The molecule has 0 aliphatic heterocycles. The highest BCUT2D eigenvalue weighted by atomic mass is 16.3. The second kappa shape index (κ2) is 9.40. The van der Waals surface area contributed by atoms with Crippen LogP contribution in [0.2, 0.25) is 0 Å². The molecule has 1 aromatic carbocycles. The number of rotatable bonds is 9. The van der Waals surface area contributed by atoms with Gasteiger partial charge in [-0.15, -0.1) is 0 Å². The average molecular weight is 292 g/mol. The first-order chi connectivity index (χ1) is 10.1. The number of nitrogens with zero attached hydrogens (tertiary/aromatic N) is 1. The van der Waals surface area contributed by atoms with Gasteiger partial charge in [0.05, 0.1) is 6.04 Å². The van der Waals surface area contributed by atoms with E-state index in [1.165, 1.54) is 0 Å². The van der Waals surface area contributed by atoms with Gasteiger partial charge < -0.3 is 15.7 Å². The van der Waals surface area contributed by atoms with Crippen molar-refractivity contribution < 1.29 is 9.90 Å². The topological polar surface area (TPSA) is 66.6 Å². The standard InChI is InChI=1S/C17H28N2O2/c1-3-19(17(21)11-6-4-5-7-12-18)14(2)15-9-8-10-16(20)13-15/h8-10,13-14,20H,3-7,11-12,18H2,1-2H3. The van der Waals surface area contributed by atoms with Gasteiger partial charge in [-0.05, 0) is 50.9 Å². The Labute approximate surface area is 128 Å². The van der Waals surface area contributed by atoms with Crippen molar-refractivity contribution >= 4 is 5.91 Å². The van der Waals surface area contributed by atoms with Crippen molar-refractivity contribution in [2.24, 2.45) is 5.73 Å². The molecule has 0 spiro atoms. The van der Waals surface area contributed by atoms with E-state index in [1.807, 2.05) is 30.9 Å². The van der Waals surface area contributed by atoms with E-state index in [-0.39, 0.29) is 17.7 Å². The highest BCUT2D eigenvalue weighted by Crippen LogP contribution is 2.24. The molecule has 1 aromatic rings. The van der Waals surface area contributed by atoms with Crippen molar-refractivity contribution in [2.75, 3.05) is 13.1 Å². The lowest BCUT2D eigenvalue weighted by molar-refractivity contribution is -0.133. The minimum Gasteiger partial charge on any atom is -0.508 e. The summed E-state index contributed by atoms with van der Waals surface area (Å²) in [6.45, 7) is 5.40. The molecule has 0 aromatic heterocycles. The van der Waals surface area contributed by atoms with E-state index in [0.29, 0.717) is 13.0 Å². The number of carbonyl (C=O) groups excluding carboxylic acids is 1. The number of phenolic OH excluding ortho intramolecular Hbond substituents is 1. The molecule has 0 saturated heterocycles. The molecule has 0 heterocycles. The Balaban J connectivity index is 2.54. The Morgan fingerprint density at radius 3 is 2.62 bits per heavy atom. The van der Waals surface area contributed by atoms with Gasteiger partial charge in [-0.25, -0.2) is 0 Å². The summed E-state index contributed by atoms with van der Waals surface area (Å²) in [5.41, 5.74) is 6.43. The number of phenols is 1. The van der Waals surface area contributed by atoms with Gasteiger partial charge in [0.25, 0.3) is 0 Å². The van der Waals surface area contributed by atoms with E-state index in [1.54, 1.807) is 12.1 Å². The molecular formula is C17H28N2O2. The number of carbonyl (C=O) groups is 1. The summed E-state index contributed by atoms with van der Waals surface area (Å²) in [4.78, 5) is 14.2. The molecule has 0 aliphatic rings. The predicted octanol–water partition coefficient (Wildman–Crippen LogP) is 3.21. The maximum atomic E-state index is 12.3. The van der Waals surface area contributed by atoms with Gasteiger partial charge in [-0.3, -0.25) is 4.79 Å². The van der Waals surface area contributed by atoms with Crippen LogP contribution in [0.4, 0.5) is 0 Å². The van der Waals surface area contributed by atoms with Crippen molar-refractivity contribution in [3.63, 3.8) is 0 Å². The fraction of sp³-hybridized carbons (Fsp3) is 0.588. The third-order valence-electron chi connectivity index (χ3n) is 3.83. The van der Waals surface area contributed by atoms with Crippen LogP contribution in [-0.4, -0.2) is 29.0 Å². The Morgan fingerprint density at radius 2 is 2.00 bits per heavy atom. The summed E-state index contributed by atoms with van der Waals surface area (Å²) >= 11 is 0. The van der Waals surface area contributed by atoms with Gasteiger partial charge in [0, 0.05) is 13.0 Å². The number of nitrogens with two attached hydrogens (primary N) is 1. The second-order valence-corrected chi connectivity index (χ2v) is 5.40. The van der Waals surface area contributed by atoms with Crippen LogP contribution in [0.5, 0.6) is 5.75 Å². The molecule has 4 heteroatoms. The van der Waals surface area contributed by atoms with Gasteiger partial charge in [-0.1, -0.05) is 25.0 Å². The number of amides is 1. The molecule has 3 N–H and O–H groups in total. The number of aromatic hydroxyl groups is 1. The van der Waals surface area contributed by atoms with E-state index < -0.39 is 0 Å². The van der Waals surface area contributed by atoms with Crippen molar-refractivity contribution in [2.45, 2.75) is 52.0 Å². The third kappa shape index (κ3) is 5.76. The fourth-order valence-electron chi connectivity index (χ4n) is 2.55. The zero-order valence-corrected chi connectivity index (χ0v) is 13.2. The van der Waals surface area contributed by atoms with E-state index in [9.17, 15) is 9.90 Å². The number of hydrogen-bond donors (Lipinski definition) is 2. The van der Waals surface area contributed by atoms with Crippen LogP contribution < -0.4 is 5.73 Å². The van der Waals surface area contributed by atoms with Crippen molar-refractivity contribution in [3.8, 4) is 5.75 Å². The zero-order chi connectivity index (χ0) is 15.7. The van der Waals surface area contributed by atoms with Gasteiger partial charge >= 0.3 is 0 Å². The molecule has 1 unspecified atom stereocenters. The maximum absolute atomic E-state index is 12.3. The van der Waals surface area contributed by atoms with Crippen molar-refractivity contribution in [3.05, 3.63) is 29.8 Å². The van der Waals surface area contributed by atoms with Gasteiger partial charge in [-0.2, -0.15) is 0 Å². The summed E-state index contributed by atoms with van der Waals surface area (Å²) in [7, 11) is 0. The molecule has 0 saturated carbocycles. The summed E-state index contributed by atoms with van der Waals surface area (Å²) in [5, 5.41) is 9.57. The van der Waals surface area contributed by atoms with Gasteiger partial charge in [0.15, 0.2) is 0 Å². The molecule has 0 radical (unpaired) electrons. The summed E-state index contributed by atoms with van der Waals surface area (Å²) in [6, 6.07) is 7.11. The first kappa shape index (κ1) is 17.5. The lowest BCUT2D eigenvalue weighted by atomic mass is 10.1. The Kier molecular flexibility index (Phi) is 7.83. The first-order valence-electron chi connectivity index (χ1n) is 7.88. The molecule has 4 nitrogen and oxygen atoms in total. The number of hydrogen-bond acceptors (Lipinski definition) is 3. The SMILES string of the molecule is CCN(C(=O)CCCCCCN)C(C)c1cccc(O)c1. The van der Waals surface area contributed by atoms with E-state index >= 15 is 0 Å². The number of benzene rings is 1. The summed E-state index contributed by atoms with van der Waals surface area (Å²) in [5.74, 6) is 0.422. The molecule has 21 heavy (non-hydrogen) atoms. The molecule has 1 amide bonds. The van der Waals surface area contributed by atoms with Crippen molar-refractivity contribution in [1.82, 2.24) is 4.90 Å². The second-order valence-electron chi connectivity index (χ2n) is 5.40. The van der Waals surface area contributed by atoms with Crippen LogP contribution in [0.15, 0.2) is 24.3 Å². The normalized spacial score (nSPS) is 12.1. The Morgan fingerprint density at radius 1 is 1.29 bits per heavy atom. The Bertz CT molecular complexity index is 435. The Hall–Kier alpha value is -1.55. The molecular weight excluding hydrogens is 264 g/mol. The lowest BCUT2D eigenvalue weighted by Gasteiger charge is -2.28. The minimum absolute atomic E-state index is 0.0151. The molecule has 1 atom stereocenters. The highest BCUT2D eigenvalue weighted by molar-refractivity contribution is 5.76. The maximum Gasteiger partial charge on any atom is 0.223 e. The molecule has 118 valence electrons. The lowest BCUT2D eigenvalue weighted by Crippen LogP contribution is -2.33. The molecule has 1 rings (SSSR count). The largest absolute Gasteiger partial charge is 0.508 e. The van der Waals surface area contributed by atoms with Gasteiger partial charge in [0.1, 0.15) is 5.75 Å². The van der Waals surface area contributed by atoms with Crippen LogP contribution in [0, 0.1) is 0 Å². The van der Waals surface area contributed by atoms with Crippen LogP contribution in [0.3, 0.4) is 0 Å². The molecule has 0 bridgehead atoms. The molecule has 0 aliphatic carbocycles. The predicted molar refractivity (Wildman–Crippen MR) is 86.0 cm³/mol. The van der Waals surface area contributed by atoms with E-state index in [4.69, 9.17) is 5.73 Å². The van der Waals surface area contributed by atoms with Gasteiger partial charge in [0.2, 0.25) is 5.91 Å². The monoisotopic (exact) mass is 292 g/mol. The fourth-order valence-corrected chi connectivity index (χ4v) is 2.55. The average Bonchev–Trinajstić information content (AvgIpc) is 2.47. The van der Waals surface area contributed by atoms with Crippen LogP contribution in [-0.2, 0) is 4.79 Å². The first-order valence-corrected chi connectivity index (χ1v) is 7.88. The zero-order valence-electron chi connectivity index (χ0n) is 13.2. The third-order valence-corrected chi connectivity index (χ3v) is 3.83. The van der Waals surface area contributed by atoms with E-state index in [0.717, 1.165) is 37.8 Å². The molecule has 0 fully saturated rings. The number of unbranched alkanes of at least 4 members (excludes halogenated alkanes) is 3. The van der Waals surface area contributed by atoms with Crippen LogP contribution >= 0.6 is 0 Å². The summed E-state index contributed by atoms with van der Waals surface area (Å²) in [6.07, 6.45) is 4.69. The van der Waals surface area contributed by atoms with E-state index in [2.05, 4.69) is 0 Å². The quantitative estimate of drug-likeness (QED) is 0.687. The minimum atomic E-state index is -0.0151. The van der Waals surface area contributed by atoms with Crippen LogP contribution in [0.25, 0.3) is 0 Å². The van der Waals surface area contributed by atoms with Crippen LogP contribution in [0.1, 0.15) is 57.6 Å². The van der Waals surface area contributed by atoms with Crippen molar-refractivity contribution in [1.29, 1.82) is 0 Å². The highest BCUT2D eigenvalue weighted by Gasteiger charge is 2.19. The summed E-state index contributed by atoms with van der Waals surface area (Å²) < 4.78 is 0. The smallest absolute Gasteiger partial charge is 0.223 e.